The van der Waals surface area contributed by atoms with Gasteiger partial charge in [0.1, 0.15) is 17.2 Å². The first kappa shape index (κ1) is 20.8. The van der Waals surface area contributed by atoms with Crippen LogP contribution in [0.2, 0.25) is 0 Å². The molecule has 0 saturated heterocycles. The monoisotopic (exact) mass is 438 g/mol. The lowest BCUT2D eigenvalue weighted by atomic mass is 9.98. The number of rotatable bonds is 6. The Bertz CT molecular complexity index is 1400. The van der Waals surface area contributed by atoms with Gasteiger partial charge in [0.05, 0.1) is 6.54 Å². The Morgan fingerprint density at radius 2 is 1.73 bits per heavy atom. The lowest BCUT2D eigenvalue weighted by Gasteiger charge is -2.14. The van der Waals surface area contributed by atoms with Gasteiger partial charge in [-0.05, 0) is 40.5 Å². The number of benzene rings is 2. The Labute approximate surface area is 192 Å². The van der Waals surface area contributed by atoms with E-state index < -0.39 is 0 Å². The minimum absolute atomic E-state index is 0.588. The van der Waals surface area contributed by atoms with Crippen LogP contribution in [0.15, 0.2) is 54.6 Å². The summed E-state index contributed by atoms with van der Waals surface area (Å²) in [5.74, 6) is 2.57. The van der Waals surface area contributed by atoms with E-state index >= 15 is 0 Å². The summed E-state index contributed by atoms with van der Waals surface area (Å²) in [4.78, 5) is 11.8. The van der Waals surface area contributed by atoms with Crippen LogP contribution in [0.25, 0.3) is 33.7 Å². The molecule has 0 unspecified atom stereocenters. The van der Waals surface area contributed by atoms with Crippen LogP contribution in [0.3, 0.4) is 0 Å². The molecule has 8 heteroatoms. The van der Waals surface area contributed by atoms with Crippen LogP contribution in [0.5, 0.6) is 0 Å². The molecule has 33 heavy (non-hydrogen) atoms. The summed E-state index contributed by atoms with van der Waals surface area (Å²) in [5, 5.41) is 14.5. The predicted molar refractivity (Wildman–Crippen MR) is 130 cm³/mol. The Hall–Kier alpha value is -4.07. The maximum atomic E-state index is 4.91. The molecule has 3 heterocycles. The van der Waals surface area contributed by atoms with Crippen molar-refractivity contribution in [3.63, 3.8) is 0 Å². The van der Waals surface area contributed by atoms with Crippen LogP contribution in [0, 0.1) is 6.92 Å². The zero-order valence-corrected chi connectivity index (χ0v) is 19.2. The number of aromatic nitrogens is 7. The van der Waals surface area contributed by atoms with Crippen molar-refractivity contribution < 1.29 is 0 Å². The van der Waals surface area contributed by atoms with Crippen LogP contribution < -0.4 is 4.90 Å². The van der Waals surface area contributed by atoms with Crippen molar-refractivity contribution in [2.45, 2.75) is 26.8 Å². The number of imidazole rings is 1. The summed E-state index contributed by atoms with van der Waals surface area (Å²) in [6.07, 6.45) is 0.850. The number of aryl methyl sites for hydroxylation is 2. The third-order valence-corrected chi connectivity index (χ3v) is 5.85. The van der Waals surface area contributed by atoms with Gasteiger partial charge in [0, 0.05) is 26.1 Å². The van der Waals surface area contributed by atoms with Crippen molar-refractivity contribution in [2.75, 3.05) is 19.0 Å². The summed E-state index contributed by atoms with van der Waals surface area (Å²) in [6.45, 7) is 4.96. The Morgan fingerprint density at radius 3 is 2.39 bits per heavy atom. The number of hydrogen-bond acceptors (Lipinski definition) is 6. The third-order valence-electron chi connectivity index (χ3n) is 5.85. The quantitative estimate of drug-likeness (QED) is 0.426. The number of aromatic amines is 1. The molecule has 0 radical (unpaired) electrons. The van der Waals surface area contributed by atoms with Gasteiger partial charge in [-0.2, -0.15) is 5.21 Å². The molecular formula is C25H26N8. The van der Waals surface area contributed by atoms with E-state index in [9.17, 15) is 0 Å². The van der Waals surface area contributed by atoms with Crippen LogP contribution in [-0.2, 0) is 13.0 Å². The maximum absolute atomic E-state index is 4.91. The van der Waals surface area contributed by atoms with E-state index in [0.717, 1.165) is 58.0 Å². The second-order valence-corrected chi connectivity index (χ2v) is 8.31. The average Bonchev–Trinajstić information content (AvgIpc) is 3.48. The van der Waals surface area contributed by atoms with Crippen molar-refractivity contribution in [3.8, 4) is 22.5 Å². The van der Waals surface area contributed by atoms with Gasteiger partial charge in [-0.1, -0.05) is 55.5 Å². The highest BCUT2D eigenvalue weighted by Gasteiger charge is 2.16. The average molecular weight is 439 g/mol. The van der Waals surface area contributed by atoms with E-state index in [1.165, 1.54) is 5.56 Å². The van der Waals surface area contributed by atoms with Gasteiger partial charge in [0.25, 0.3) is 0 Å². The second kappa shape index (κ2) is 8.46. The van der Waals surface area contributed by atoms with Crippen molar-refractivity contribution in [2.24, 2.45) is 0 Å². The van der Waals surface area contributed by atoms with Gasteiger partial charge in [0.2, 0.25) is 5.82 Å². The Kier molecular flexibility index (Phi) is 5.34. The fraction of sp³-hybridized carbons (Fsp3) is 0.240. The minimum atomic E-state index is 0.588. The maximum Gasteiger partial charge on any atom is 0.205 e. The Balaban J connectivity index is 1.51. The number of hydrogen-bond donors (Lipinski definition) is 1. The van der Waals surface area contributed by atoms with Crippen LogP contribution >= 0.6 is 0 Å². The molecule has 166 valence electrons. The molecule has 0 aliphatic heterocycles. The zero-order valence-electron chi connectivity index (χ0n) is 19.2. The first-order chi connectivity index (χ1) is 16.0. The van der Waals surface area contributed by atoms with Gasteiger partial charge in [-0.15, -0.1) is 10.2 Å². The molecule has 0 aliphatic carbocycles. The highest BCUT2D eigenvalue weighted by Crippen LogP contribution is 2.30. The van der Waals surface area contributed by atoms with Crippen LogP contribution in [0.1, 0.15) is 23.9 Å². The molecule has 0 fully saturated rings. The standard InChI is InChI=1S/C25H26N8/c1-5-21-26-23-16(2)14-22(32(3)4)27-25(23)33(21)15-17-10-12-18(13-11-17)19-8-6-7-9-20(19)24-28-30-31-29-24/h6-14H,5,15H2,1-4H3,(H,28,29,30,31). The lowest BCUT2D eigenvalue weighted by molar-refractivity contribution is 0.746. The summed E-state index contributed by atoms with van der Waals surface area (Å²) >= 11 is 0. The number of tetrazole rings is 1. The second-order valence-electron chi connectivity index (χ2n) is 8.31. The number of nitrogens with one attached hydrogen (secondary N) is 1. The number of fused-ring (bicyclic) bond motifs is 1. The molecule has 0 bridgehead atoms. The number of anilines is 1. The van der Waals surface area contributed by atoms with Crippen molar-refractivity contribution in [1.29, 1.82) is 0 Å². The lowest BCUT2D eigenvalue weighted by Crippen LogP contribution is -2.12. The fourth-order valence-corrected chi connectivity index (χ4v) is 4.11. The fourth-order valence-electron chi connectivity index (χ4n) is 4.11. The van der Waals surface area contributed by atoms with Crippen molar-refractivity contribution in [3.05, 3.63) is 71.5 Å². The van der Waals surface area contributed by atoms with Gasteiger partial charge < -0.3 is 9.47 Å². The molecule has 0 aliphatic rings. The summed E-state index contributed by atoms with van der Waals surface area (Å²) < 4.78 is 2.23. The SMILES string of the molecule is CCc1nc2c(C)cc(N(C)C)nc2n1Cc1ccc(-c2ccccc2-c2nn[nH]n2)cc1. The molecule has 8 nitrogen and oxygen atoms in total. The van der Waals surface area contributed by atoms with E-state index in [-0.39, 0.29) is 0 Å². The predicted octanol–water partition coefficient (Wildman–Crippen LogP) is 4.26. The van der Waals surface area contributed by atoms with Gasteiger partial charge in [-0.3, -0.25) is 0 Å². The zero-order chi connectivity index (χ0) is 22.9. The smallest absolute Gasteiger partial charge is 0.205 e. The van der Waals surface area contributed by atoms with Crippen molar-refractivity contribution >= 4 is 17.0 Å². The Morgan fingerprint density at radius 1 is 0.970 bits per heavy atom. The van der Waals surface area contributed by atoms with E-state index in [1.54, 1.807) is 0 Å². The molecule has 2 aromatic carbocycles. The van der Waals surface area contributed by atoms with E-state index in [4.69, 9.17) is 9.97 Å². The van der Waals surface area contributed by atoms with E-state index in [0.29, 0.717) is 5.82 Å². The first-order valence-electron chi connectivity index (χ1n) is 11.0. The molecule has 5 aromatic rings. The molecule has 3 aromatic heterocycles. The molecular weight excluding hydrogens is 412 g/mol. The normalized spacial score (nSPS) is 11.3. The summed E-state index contributed by atoms with van der Waals surface area (Å²) in [5.41, 5.74) is 7.37. The molecule has 0 spiro atoms. The topological polar surface area (TPSA) is 88.4 Å². The summed E-state index contributed by atoms with van der Waals surface area (Å²) in [7, 11) is 4.03. The first-order valence-corrected chi connectivity index (χ1v) is 11.0. The van der Waals surface area contributed by atoms with Gasteiger partial charge in [0.15, 0.2) is 5.65 Å². The summed E-state index contributed by atoms with van der Waals surface area (Å²) in [6, 6.07) is 18.8. The van der Waals surface area contributed by atoms with Gasteiger partial charge in [-0.25, -0.2) is 9.97 Å². The molecule has 0 amide bonds. The number of nitrogens with zero attached hydrogens (tertiary/aromatic N) is 7. The van der Waals surface area contributed by atoms with E-state index in [1.807, 2.05) is 37.2 Å². The van der Waals surface area contributed by atoms with Crippen LogP contribution in [-0.4, -0.2) is 49.3 Å². The van der Waals surface area contributed by atoms with Gasteiger partial charge >= 0.3 is 0 Å². The van der Waals surface area contributed by atoms with Crippen LogP contribution in [0.4, 0.5) is 5.82 Å². The molecule has 5 rings (SSSR count). The highest BCUT2D eigenvalue weighted by atomic mass is 15.5. The minimum Gasteiger partial charge on any atom is -0.363 e. The molecule has 1 N–H and O–H groups in total. The third kappa shape index (κ3) is 3.84. The van der Waals surface area contributed by atoms with E-state index in [2.05, 4.69) is 75.4 Å². The molecule has 0 atom stereocenters. The molecule has 0 saturated carbocycles. The largest absolute Gasteiger partial charge is 0.363 e. The van der Waals surface area contributed by atoms with Crippen molar-refractivity contribution in [1.82, 2.24) is 35.2 Å². The number of pyridine rings is 1. The number of H-pyrrole nitrogens is 1. The highest BCUT2D eigenvalue weighted by molar-refractivity contribution is 5.80.